The van der Waals surface area contributed by atoms with Crippen LogP contribution in [-0.4, -0.2) is 44.0 Å². The van der Waals surface area contributed by atoms with Crippen LogP contribution >= 0.6 is 11.6 Å². The molecule has 0 amide bonds. The largest absolute Gasteiger partial charge is 0.507 e. The van der Waals surface area contributed by atoms with Crippen molar-refractivity contribution in [3.63, 3.8) is 0 Å². The fourth-order valence-electron chi connectivity index (χ4n) is 3.77. The Labute approximate surface area is 176 Å². The number of rotatable bonds is 4. The van der Waals surface area contributed by atoms with Crippen LogP contribution in [0.4, 0.5) is 14.6 Å². The van der Waals surface area contributed by atoms with E-state index in [1.54, 1.807) is 30.6 Å². The maximum absolute atomic E-state index is 12.8. The lowest BCUT2D eigenvalue weighted by molar-refractivity contribution is 0.154. The van der Waals surface area contributed by atoms with Gasteiger partial charge in [0.1, 0.15) is 11.4 Å². The molecular weight excluding hydrogens is 414 g/mol. The minimum Gasteiger partial charge on any atom is -0.507 e. The molecular formula is C21H19ClF2N4O2. The lowest BCUT2D eigenvalue weighted by Crippen LogP contribution is -2.38. The summed E-state index contributed by atoms with van der Waals surface area (Å²) in [6, 6.07) is 6.00. The minimum absolute atomic E-state index is 0.0277. The molecule has 2 atom stereocenters. The second-order valence-corrected chi connectivity index (χ2v) is 7.58. The van der Waals surface area contributed by atoms with Crippen LogP contribution in [0.25, 0.3) is 22.0 Å². The average molecular weight is 433 g/mol. The number of hydrogen-bond acceptors (Lipinski definition) is 6. The molecule has 4 rings (SSSR count). The molecule has 0 saturated heterocycles. The van der Waals surface area contributed by atoms with Crippen LogP contribution in [0, 0.1) is 0 Å². The first-order chi connectivity index (χ1) is 14.4. The summed E-state index contributed by atoms with van der Waals surface area (Å²) in [4.78, 5) is 4.15. The number of aliphatic hydroxyl groups excluding tert-OH is 1. The summed E-state index contributed by atoms with van der Waals surface area (Å²) in [5.41, 5.74) is 1.25. The van der Waals surface area contributed by atoms with E-state index in [-0.39, 0.29) is 5.75 Å². The number of aromatic hydroxyl groups is 1. The number of hydrogen-bond donors (Lipinski definition) is 3. The van der Waals surface area contributed by atoms with E-state index < -0.39 is 18.6 Å². The molecule has 1 aliphatic rings. The van der Waals surface area contributed by atoms with Crippen LogP contribution < -0.4 is 5.32 Å². The standard InChI is InChI=1S/C21H19ClF2N4O2/c22-12-4-5-14(17(29)9-12)19-13-6-7-25-10-15(13)21(28-27-19)26-16-3-1-2-11(20(16)30)8-18(23)24/h4-10,16,18,20,29-30H,1-3H2,(H,26,28)/t16-,20-/m1/s1. The highest BCUT2D eigenvalue weighted by Gasteiger charge is 2.29. The van der Waals surface area contributed by atoms with E-state index in [0.717, 1.165) is 6.08 Å². The quantitative estimate of drug-likeness (QED) is 0.523. The van der Waals surface area contributed by atoms with Crippen molar-refractivity contribution < 1.29 is 19.0 Å². The Morgan fingerprint density at radius 3 is 2.80 bits per heavy atom. The van der Waals surface area contributed by atoms with Gasteiger partial charge in [0.25, 0.3) is 6.43 Å². The third-order valence-corrected chi connectivity index (χ3v) is 5.44. The summed E-state index contributed by atoms with van der Waals surface area (Å²) >= 11 is 5.92. The van der Waals surface area contributed by atoms with Gasteiger partial charge in [0.05, 0.1) is 12.1 Å². The highest BCUT2D eigenvalue weighted by molar-refractivity contribution is 6.30. The fourth-order valence-corrected chi connectivity index (χ4v) is 3.94. The van der Waals surface area contributed by atoms with E-state index in [1.807, 2.05) is 0 Å². The van der Waals surface area contributed by atoms with Crippen LogP contribution in [-0.2, 0) is 0 Å². The van der Waals surface area contributed by atoms with Crippen molar-refractivity contribution in [2.24, 2.45) is 0 Å². The van der Waals surface area contributed by atoms with Gasteiger partial charge in [-0.2, -0.15) is 0 Å². The molecule has 3 N–H and O–H groups in total. The predicted molar refractivity (Wildman–Crippen MR) is 111 cm³/mol. The van der Waals surface area contributed by atoms with Crippen molar-refractivity contribution in [1.82, 2.24) is 15.2 Å². The predicted octanol–water partition coefficient (Wildman–Crippen LogP) is 4.57. The maximum Gasteiger partial charge on any atom is 0.257 e. The van der Waals surface area contributed by atoms with Gasteiger partial charge in [-0.15, -0.1) is 10.2 Å². The SMILES string of the molecule is Oc1cc(Cl)ccc1-c1nnc(N[C@@H]2CCCC(=CC(F)F)[C@H]2O)c2cnccc12. The van der Waals surface area contributed by atoms with Crippen LogP contribution in [0.3, 0.4) is 0 Å². The lowest BCUT2D eigenvalue weighted by Gasteiger charge is -2.31. The molecule has 1 aromatic carbocycles. The number of nitrogens with one attached hydrogen (secondary N) is 1. The number of fused-ring (bicyclic) bond motifs is 1. The van der Waals surface area contributed by atoms with Gasteiger partial charge in [-0.25, -0.2) is 8.78 Å². The minimum atomic E-state index is -2.61. The summed E-state index contributed by atoms with van der Waals surface area (Å²) in [6.07, 6.45) is 2.09. The van der Waals surface area contributed by atoms with E-state index in [2.05, 4.69) is 20.5 Å². The summed E-state index contributed by atoms with van der Waals surface area (Å²) in [5.74, 6) is 0.359. The number of phenols is 1. The Morgan fingerprint density at radius 2 is 2.03 bits per heavy atom. The van der Waals surface area contributed by atoms with Crippen LogP contribution in [0.1, 0.15) is 19.3 Å². The van der Waals surface area contributed by atoms with Crippen LogP contribution in [0.15, 0.2) is 48.3 Å². The van der Waals surface area contributed by atoms with Crippen LogP contribution in [0.5, 0.6) is 5.75 Å². The van der Waals surface area contributed by atoms with Crippen molar-refractivity contribution in [2.75, 3.05) is 5.32 Å². The van der Waals surface area contributed by atoms with Crippen molar-refractivity contribution in [3.8, 4) is 17.0 Å². The summed E-state index contributed by atoms with van der Waals surface area (Å²) in [6.45, 7) is 0. The van der Waals surface area contributed by atoms with Gasteiger partial charge in [-0.1, -0.05) is 11.6 Å². The van der Waals surface area contributed by atoms with Gasteiger partial charge in [-0.3, -0.25) is 4.98 Å². The Hall–Kier alpha value is -2.84. The van der Waals surface area contributed by atoms with Gasteiger partial charge < -0.3 is 15.5 Å². The molecule has 0 unspecified atom stereocenters. The van der Waals surface area contributed by atoms with Crippen molar-refractivity contribution in [1.29, 1.82) is 0 Å². The maximum atomic E-state index is 12.8. The highest BCUT2D eigenvalue weighted by atomic mass is 35.5. The summed E-state index contributed by atoms with van der Waals surface area (Å²) in [7, 11) is 0. The monoisotopic (exact) mass is 432 g/mol. The fraction of sp³-hybridized carbons (Fsp3) is 0.286. The van der Waals surface area contributed by atoms with Crippen molar-refractivity contribution in [2.45, 2.75) is 37.8 Å². The molecule has 30 heavy (non-hydrogen) atoms. The number of allylic oxidation sites excluding steroid dienone is 1. The molecule has 0 spiro atoms. The Bertz CT molecular complexity index is 1110. The lowest BCUT2D eigenvalue weighted by atomic mass is 9.87. The number of halogens is 3. The van der Waals surface area contributed by atoms with Gasteiger partial charge in [0.15, 0.2) is 5.82 Å². The summed E-state index contributed by atoms with van der Waals surface area (Å²) in [5, 5.41) is 34.2. The molecule has 2 heterocycles. The molecule has 3 aromatic rings. The normalized spacial score (nSPS) is 20.8. The zero-order chi connectivity index (χ0) is 21.3. The first-order valence-electron chi connectivity index (χ1n) is 9.46. The third kappa shape index (κ3) is 4.06. The molecule has 0 radical (unpaired) electrons. The number of aromatic nitrogens is 3. The summed E-state index contributed by atoms with van der Waals surface area (Å²) < 4.78 is 25.5. The van der Waals surface area contributed by atoms with Gasteiger partial charge in [0.2, 0.25) is 0 Å². The molecule has 1 aliphatic carbocycles. The number of pyridine rings is 1. The molecule has 156 valence electrons. The zero-order valence-corrected chi connectivity index (χ0v) is 16.5. The number of nitrogens with zero attached hydrogens (tertiary/aromatic N) is 3. The van der Waals surface area contributed by atoms with Crippen LogP contribution in [0.2, 0.25) is 5.02 Å². The second kappa shape index (κ2) is 8.49. The number of aliphatic hydroxyl groups is 1. The van der Waals surface area contributed by atoms with Crippen molar-refractivity contribution in [3.05, 3.63) is 53.3 Å². The van der Waals surface area contributed by atoms with Gasteiger partial charge >= 0.3 is 0 Å². The second-order valence-electron chi connectivity index (χ2n) is 7.14. The average Bonchev–Trinajstić information content (AvgIpc) is 2.71. The van der Waals surface area contributed by atoms with E-state index in [9.17, 15) is 19.0 Å². The van der Waals surface area contributed by atoms with Gasteiger partial charge in [0, 0.05) is 33.8 Å². The highest BCUT2D eigenvalue weighted by Crippen LogP contribution is 2.36. The molecule has 6 nitrogen and oxygen atoms in total. The van der Waals surface area contributed by atoms with E-state index in [1.165, 1.54) is 6.07 Å². The molecule has 1 saturated carbocycles. The van der Waals surface area contributed by atoms with Crippen molar-refractivity contribution >= 4 is 28.2 Å². The Morgan fingerprint density at radius 1 is 1.20 bits per heavy atom. The van der Waals surface area contributed by atoms with Gasteiger partial charge in [-0.05, 0) is 55.2 Å². The first kappa shape index (κ1) is 20.4. The molecule has 9 heteroatoms. The number of anilines is 1. The molecule has 1 fully saturated rings. The Balaban J connectivity index is 1.71. The number of benzene rings is 1. The van der Waals surface area contributed by atoms with E-state index in [0.29, 0.717) is 57.7 Å². The first-order valence-corrected chi connectivity index (χ1v) is 9.84. The van der Waals surface area contributed by atoms with E-state index in [4.69, 9.17) is 11.6 Å². The number of phenolic OH excluding ortho intramolecular Hbond substituents is 1. The number of alkyl halides is 2. The van der Waals surface area contributed by atoms with E-state index >= 15 is 0 Å². The molecule has 2 aromatic heterocycles. The molecule has 0 aliphatic heterocycles. The third-order valence-electron chi connectivity index (χ3n) is 5.20. The molecule has 0 bridgehead atoms. The smallest absolute Gasteiger partial charge is 0.257 e. The Kier molecular flexibility index (Phi) is 5.78. The topological polar surface area (TPSA) is 91.2 Å². The zero-order valence-electron chi connectivity index (χ0n) is 15.8.